The zero-order chi connectivity index (χ0) is 20.7. The van der Waals surface area contributed by atoms with E-state index in [0.29, 0.717) is 17.9 Å². The second kappa shape index (κ2) is 10.0. The summed E-state index contributed by atoms with van der Waals surface area (Å²) in [6.45, 7) is 0. The number of hydrogen-bond donors (Lipinski definition) is 2. The normalized spacial score (nSPS) is 12.4. The van der Waals surface area contributed by atoms with Crippen LogP contribution in [0.4, 0.5) is 5.69 Å². The van der Waals surface area contributed by atoms with Gasteiger partial charge in [0, 0.05) is 22.8 Å². The zero-order valence-corrected chi connectivity index (χ0v) is 18.2. The SMILES string of the molecule is CSCCC(NS(=O)(=O)c1ccccc1)C(=O)Nc1cccc(-c2nccs2)c1. The van der Waals surface area contributed by atoms with Crippen LogP contribution in [0.3, 0.4) is 0 Å². The maximum Gasteiger partial charge on any atom is 0.242 e. The molecule has 1 amide bonds. The summed E-state index contributed by atoms with van der Waals surface area (Å²) in [4.78, 5) is 17.3. The number of anilines is 1. The number of sulfonamides is 1. The second-order valence-corrected chi connectivity index (χ2v) is 9.77. The highest BCUT2D eigenvalue weighted by Crippen LogP contribution is 2.24. The van der Waals surface area contributed by atoms with Crippen molar-refractivity contribution in [2.75, 3.05) is 17.3 Å². The van der Waals surface area contributed by atoms with Gasteiger partial charge in [0.25, 0.3) is 0 Å². The minimum absolute atomic E-state index is 0.132. The first-order valence-corrected chi connectivity index (χ1v) is 12.6. The standard InChI is InChI=1S/C20H21N3O3S3/c1-27-12-10-18(23-29(25,26)17-8-3-2-4-9-17)19(24)22-16-7-5-6-15(14-16)20-21-11-13-28-20/h2-9,11,13-14,18,23H,10,12H2,1H3,(H,22,24). The molecule has 0 aliphatic rings. The molecule has 0 saturated carbocycles. The molecule has 0 spiro atoms. The molecule has 29 heavy (non-hydrogen) atoms. The van der Waals surface area contributed by atoms with E-state index in [2.05, 4.69) is 15.0 Å². The number of carbonyl (C=O) groups is 1. The topological polar surface area (TPSA) is 88.2 Å². The Morgan fingerprint density at radius 3 is 2.66 bits per heavy atom. The number of aromatic nitrogens is 1. The Morgan fingerprint density at radius 2 is 1.97 bits per heavy atom. The minimum atomic E-state index is -3.80. The second-order valence-electron chi connectivity index (χ2n) is 6.18. The first-order valence-electron chi connectivity index (χ1n) is 8.87. The van der Waals surface area contributed by atoms with Gasteiger partial charge in [-0.1, -0.05) is 30.3 Å². The molecule has 0 radical (unpaired) electrons. The highest BCUT2D eigenvalue weighted by molar-refractivity contribution is 7.98. The van der Waals surface area contributed by atoms with E-state index in [1.165, 1.54) is 23.5 Å². The lowest BCUT2D eigenvalue weighted by molar-refractivity contribution is -0.117. The third-order valence-electron chi connectivity index (χ3n) is 4.09. The summed E-state index contributed by atoms with van der Waals surface area (Å²) < 4.78 is 27.9. The molecule has 3 aromatic rings. The van der Waals surface area contributed by atoms with E-state index in [1.807, 2.05) is 29.8 Å². The van der Waals surface area contributed by atoms with Gasteiger partial charge in [-0.2, -0.15) is 16.5 Å². The Hall–Kier alpha value is -2.20. The average Bonchev–Trinajstić information content (AvgIpc) is 3.27. The molecule has 0 fully saturated rings. The molecule has 0 aliphatic carbocycles. The van der Waals surface area contributed by atoms with Gasteiger partial charge in [-0.05, 0) is 42.7 Å². The number of carbonyl (C=O) groups excluding carboxylic acids is 1. The fourth-order valence-electron chi connectivity index (χ4n) is 2.66. The molecule has 152 valence electrons. The average molecular weight is 448 g/mol. The molecular weight excluding hydrogens is 426 g/mol. The van der Waals surface area contributed by atoms with E-state index in [0.717, 1.165) is 10.6 Å². The highest BCUT2D eigenvalue weighted by atomic mass is 32.2. The zero-order valence-electron chi connectivity index (χ0n) is 15.7. The number of benzene rings is 2. The molecule has 2 N–H and O–H groups in total. The van der Waals surface area contributed by atoms with Crippen LogP contribution in [-0.2, 0) is 14.8 Å². The highest BCUT2D eigenvalue weighted by Gasteiger charge is 2.25. The molecule has 2 aromatic carbocycles. The van der Waals surface area contributed by atoms with Crippen molar-refractivity contribution >= 4 is 44.7 Å². The van der Waals surface area contributed by atoms with Crippen molar-refractivity contribution in [3.05, 3.63) is 66.2 Å². The number of amides is 1. The lowest BCUT2D eigenvalue weighted by Gasteiger charge is -2.18. The molecule has 0 aliphatic heterocycles. The molecule has 1 heterocycles. The summed E-state index contributed by atoms with van der Waals surface area (Å²) in [5.41, 5.74) is 1.49. The van der Waals surface area contributed by atoms with Crippen molar-refractivity contribution < 1.29 is 13.2 Å². The molecule has 0 bridgehead atoms. The fourth-order valence-corrected chi connectivity index (χ4v) is 5.02. The van der Waals surface area contributed by atoms with Crippen LogP contribution in [0.2, 0.25) is 0 Å². The molecule has 6 nitrogen and oxygen atoms in total. The number of nitrogens with zero attached hydrogens (tertiary/aromatic N) is 1. The van der Waals surface area contributed by atoms with Crippen LogP contribution in [0.15, 0.2) is 71.1 Å². The van der Waals surface area contributed by atoms with Crippen LogP contribution >= 0.6 is 23.1 Å². The van der Waals surface area contributed by atoms with Crippen LogP contribution in [0, 0.1) is 0 Å². The van der Waals surface area contributed by atoms with Gasteiger partial charge < -0.3 is 5.32 Å². The van der Waals surface area contributed by atoms with Crippen molar-refractivity contribution in [2.45, 2.75) is 17.4 Å². The van der Waals surface area contributed by atoms with Gasteiger partial charge in [0.1, 0.15) is 11.0 Å². The van der Waals surface area contributed by atoms with Gasteiger partial charge in [0.05, 0.1) is 4.90 Å². The van der Waals surface area contributed by atoms with Crippen LogP contribution in [0.1, 0.15) is 6.42 Å². The summed E-state index contributed by atoms with van der Waals surface area (Å²) in [6.07, 6.45) is 4.02. The molecule has 0 saturated heterocycles. The molecule has 1 aromatic heterocycles. The third kappa shape index (κ3) is 5.89. The van der Waals surface area contributed by atoms with Gasteiger partial charge in [0.2, 0.25) is 15.9 Å². The Bertz CT molecular complexity index is 1040. The minimum Gasteiger partial charge on any atom is -0.325 e. The molecule has 1 atom stereocenters. The summed E-state index contributed by atoms with van der Waals surface area (Å²) >= 11 is 3.06. The van der Waals surface area contributed by atoms with Gasteiger partial charge in [-0.25, -0.2) is 13.4 Å². The van der Waals surface area contributed by atoms with E-state index in [9.17, 15) is 13.2 Å². The van der Waals surface area contributed by atoms with E-state index >= 15 is 0 Å². The van der Waals surface area contributed by atoms with Crippen molar-refractivity contribution in [1.82, 2.24) is 9.71 Å². The van der Waals surface area contributed by atoms with Crippen LogP contribution in [0.5, 0.6) is 0 Å². The van der Waals surface area contributed by atoms with Gasteiger partial charge >= 0.3 is 0 Å². The summed E-state index contributed by atoms with van der Waals surface area (Å²) in [5.74, 6) is 0.254. The van der Waals surface area contributed by atoms with E-state index in [4.69, 9.17) is 0 Å². The Labute approximate surface area is 178 Å². The monoisotopic (exact) mass is 447 g/mol. The Kier molecular flexibility index (Phi) is 7.43. The summed E-state index contributed by atoms with van der Waals surface area (Å²) in [7, 11) is -3.80. The van der Waals surface area contributed by atoms with Gasteiger partial charge in [-0.3, -0.25) is 4.79 Å². The Morgan fingerprint density at radius 1 is 1.17 bits per heavy atom. The number of nitrogens with one attached hydrogen (secondary N) is 2. The van der Waals surface area contributed by atoms with Crippen LogP contribution < -0.4 is 10.0 Å². The maximum atomic E-state index is 12.9. The Balaban J connectivity index is 1.77. The molecule has 3 rings (SSSR count). The smallest absolute Gasteiger partial charge is 0.242 e. The maximum absolute atomic E-state index is 12.9. The number of thioether (sulfide) groups is 1. The molecule has 9 heteroatoms. The first-order chi connectivity index (χ1) is 14.0. The van der Waals surface area contributed by atoms with Crippen molar-refractivity contribution in [3.63, 3.8) is 0 Å². The van der Waals surface area contributed by atoms with Crippen LogP contribution in [-0.4, -0.2) is 37.4 Å². The number of thiazole rings is 1. The van der Waals surface area contributed by atoms with Gasteiger partial charge in [0.15, 0.2) is 0 Å². The third-order valence-corrected chi connectivity index (χ3v) is 7.04. The van der Waals surface area contributed by atoms with Crippen molar-refractivity contribution in [1.29, 1.82) is 0 Å². The van der Waals surface area contributed by atoms with E-state index < -0.39 is 22.0 Å². The predicted octanol–water partition coefficient (Wildman–Crippen LogP) is 3.85. The first kappa shape index (κ1) is 21.5. The lowest BCUT2D eigenvalue weighted by atomic mass is 10.2. The lowest BCUT2D eigenvalue weighted by Crippen LogP contribution is -2.44. The molecule has 1 unspecified atom stereocenters. The number of rotatable bonds is 9. The molecular formula is C20H21N3O3S3. The summed E-state index contributed by atoms with van der Waals surface area (Å²) in [6, 6.07) is 14.5. The van der Waals surface area contributed by atoms with Crippen LogP contribution in [0.25, 0.3) is 10.6 Å². The van der Waals surface area contributed by atoms with E-state index in [1.54, 1.807) is 42.2 Å². The summed E-state index contributed by atoms with van der Waals surface area (Å²) in [5, 5.41) is 5.57. The van der Waals surface area contributed by atoms with Crippen molar-refractivity contribution in [3.8, 4) is 10.6 Å². The quantitative estimate of drug-likeness (QED) is 0.520. The predicted molar refractivity (Wildman–Crippen MR) is 120 cm³/mol. The van der Waals surface area contributed by atoms with E-state index in [-0.39, 0.29) is 4.90 Å². The largest absolute Gasteiger partial charge is 0.325 e. The number of hydrogen-bond acceptors (Lipinski definition) is 6. The van der Waals surface area contributed by atoms with Crippen molar-refractivity contribution in [2.24, 2.45) is 0 Å². The van der Waals surface area contributed by atoms with Gasteiger partial charge in [-0.15, -0.1) is 11.3 Å². The fraction of sp³-hybridized carbons (Fsp3) is 0.200.